The van der Waals surface area contributed by atoms with Crippen molar-refractivity contribution in [3.8, 4) is 40.5 Å². The third-order valence-electron chi connectivity index (χ3n) is 4.73. The molecule has 10 heteroatoms. The molecule has 1 heterocycles. The fourth-order valence-electron chi connectivity index (χ4n) is 3.20. The molecule has 1 aromatic heterocycles. The summed E-state index contributed by atoms with van der Waals surface area (Å²) in [6.07, 6.45) is 0. The molecular weight excluding hydrogens is 483 g/mol. The van der Waals surface area contributed by atoms with Crippen molar-refractivity contribution in [2.24, 2.45) is 0 Å². The summed E-state index contributed by atoms with van der Waals surface area (Å²) in [6, 6.07) is 12.8. The molecule has 0 fully saturated rings. The van der Waals surface area contributed by atoms with E-state index in [1.165, 1.54) is 33.1 Å². The van der Waals surface area contributed by atoms with Gasteiger partial charge in [0, 0.05) is 11.3 Å². The molecule has 3 rings (SSSR count). The lowest BCUT2D eigenvalue weighted by Gasteiger charge is -2.17. The number of methoxy groups -OCH3 is 3. The Balaban J connectivity index is 2.18. The quantitative estimate of drug-likeness (QED) is 0.410. The molecule has 0 amide bonds. The van der Waals surface area contributed by atoms with Gasteiger partial charge < -0.3 is 19.9 Å². The lowest BCUT2D eigenvalue weighted by atomic mass is 9.96. The predicted molar refractivity (Wildman–Crippen MR) is 129 cm³/mol. The minimum atomic E-state index is 0.0110. The van der Waals surface area contributed by atoms with E-state index >= 15 is 0 Å². The minimum absolute atomic E-state index is 0.0110. The summed E-state index contributed by atoms with van der Waals surface area (Å²) in [5.74, 6) is 1.60. The van der Waals surface area contributed by atoms with Gasteiger partial charge in [-0.2, -0.15) is 10.5 Å². The van der Waals surface area contributed by atoms with E-state index in [-0.39, 0.29) is 16.9 Å². The van der Waals surface area contributed by atoms with Gasteiger partial charge in [-0.05, 0) is 35.4 Å². The van der Waals surface area contributed by atoms with E-state index in [0.717, 1.165) is 5.56 Å². The van der Waals surface area contributed by atoms with E-state index in [4.69, 9.17) is 43.1 Å². The summed E-state index contributed by atoms with van der Waals surface area (Å²) in [5.41, 5.74) is 8.14. The van der Waals surface area contributed by atoms with Gasteiger partial charge in [-0.25, -0.2) is 4.98 Å². The standard InChI is InChI=1S/C23H18Cl2N4O3S/c1-30-18-7-13(8-19(31-2)21(18)32-3)20-14(9-26)22(28)29-23(15(20)10-27)33-11-12-4-5-16(24)17(25)6-12/h4-8H,11H2,1-3H3,(H2,28,29). The molecular formula is C23H18Cl2N4O3S. The van der Waals surface area contributed by atoms with Gasteiger partial charge in [0.2, 0.25) is 5.75 Å². The number of hydrogen-bond acceptors (Lipinski definition) is 8. The molecule has 0 aliphatic rings. The molecule has 0 saturated carbocycles. The van der Waals surface area contributed by atoms with Crippen molar-refractivity contribution >= 4 is 40.8 Å². The number of anilines is 1. The molecule has 3 aromatic rings. The first-order valence-electron chi connectivity index (χ1n) is 9.39. The number of pyridine rings is 1. The monoisotopic (exact) mass is 500 g/mol. The summed E-state index contributed by atoms with van der Waals surface area (Å²) in [7, 11) is 4.46. The van der Waals surface area contributed by atoms with Crippen LogP contribution in [0.2, 0.25) is 10.0 Å². The van der Waals surface area contributed by atoms with Gasteiger partial charge in [-0.3, -0.25) is 0 Å². The molecule has 7 nitrogen and oxygen atoms in total. The Labute approximate surface area is 205 Å². The van der Waals surface area contributed by atoms with Crippen LogP contribution in [0.25, 0.3) is 11.1 Å². The van der Waals surface area contributed by atoms with E-state index in [1.807, 2.05) is 6.07 Å². The highest BCUT2D eigenvalue weighted by Crippen LogP contribution is 2.44. The molecule has 0 spiro atoms. The number of halogens is 2. The first-order chi connectivity index (χ1) is 15.9. The molecule has 0 atom stereocenters. The summed E-state index contributed by atoms with van der Waals surface area (Å²) in [5, 5.41) is 21.1. The van der Waals surface area contributed by atoms with Crippen LogP contribution in [0.3, 0.4) is 0 Å². The number of hydrogen-bond donors (Lipinski definition) is 1. The minimum Gasteiger partial charge on any atom is -0.493 e. The van der Waals surface area contributed by atoms with Crippen LogP contribution in [-0.2, 0) is 5.75 Å². The Bertz CT molecular complexity index is 1280. The maximum Gasteiger partial charge on any atom is 0.203 e. The summed E-state index contributed by atoms with van der Waals surface area (Å²) in [4.78, 5) is 4.32. The average Bonchev–Trinajstić information content (AvgIpc) is 2.83. The van der Waals surface area contributed by atoms with E-state index in [9.17, 15) is 10.5 Å². The highest BCUT2D eigenvalue weighted by Gasteiger charge is 2.23. The first kappa shape index (κ1) is 24.3. The maximum atomic E-state index is 10.0. The predicted octanol–water partition coefficient (Wildman–Crippen LogP) is 5.70. The number of benzene rings is 2. The SMILES string of the molecule is COc1cc(-c2c(C#N)c(N)nc(SCc3ccc(Cl)c(Cl)c3)c2C#N)cc(OC)c1OC. The zero-order valence-corrected chi connectivity index (χ0v) is 20.2. The van der Waals surface area contributed by atoms with Gasteiger partial charge in [-0.1, -0.05) is 29.3 Å². The van der Waals surface area contributed by atoms with Gasteiger partial charge >= 0.3 is 0 Å². The molecule has 168 valence electrons. The lowest BCUT2D eigenvalue weighted by Crippen LogP contribution is -2.04. The summed E-state index contributed by atoms with van der Waals surface area (Å²) < 4.78 is 16.2. The zero-order chi connectivity index (χ0) is 24.1. The Morgan fingerprint density at radius 3 is 2.09 bits per heavy atom. The molecule has 0 aliphatic carbocycles. The summed E-state index contributed by atoms with van der Waals surface area (Å²) in [6.45, 7) is 0. The third kappa shape index (κ3) is 4.89. The normalized spacial score (nSPS) is 10.3. The van der Waals surface area contributed by atoms with Crippen molar-refractivity contribution in [2.75, 3.05) is 27.1 Å². The molecule has 33 heavy (non-hydrogen) atoms. The Morgan fingerprint density at radius 2 is 1.58 bits per heavy atom. The van der Waals surface area contributed by atoms with Crippen molar-refractivity contribution < 1.29 is 14.2 Å². The van der Waals surface area contributed by atoms with E-state index in [1.54, 1.807) is 24.3 Å². The van der Waals surface area contributed by atoms with E-state index in [0.29, 0.717) is 49.2 Å². The van der Waals surface area contributed by atoms with Gasteiger partial charge in [0.15, 0.2) is 11.5 Å². The highest BCUT2D eigenvalue weighted by atomic mass is 35.5. The van der Waals surface area contributed by atoms with Crippen LogP contribution in [0, 0.1) is 22.7 Å². The second kappa shape index (κ2) is 10.5. The summed E-state index contributed by atoms with van der Waals surface area (Å²) >= 11 is 13.4. The maximum absolute atomic E-state index is 10.0. The second-order valence-electron chi connectivity index (χ2n) is 6.60. The van der Waals surface area contributed by atoms with Crippen molar-refractivity contribution in [1.29, 1.82) is 10.5 Å². The van der Waals surface area contributed by atoms with Gasteiger partial charge in [0.25, 0.3) is 0 Å². The Kier molecular flexibility index (Phi) is 7.78. The molecule has 0 aliphatic heterocycles. The van der Waals surface area contributed by atoms with E-state index < -0.39 is 0 Å². The smallest absolute Gasteiger partial charge is 0.203 e. The number of nitrogens with two attached hydrogens (primary N) is 1. The van der Waals surface area contributed by atoms with Crippen LogP contribution in [0.4, 0.5) is 5.82 Å². The van der Waals surface area contributed by atoms with E-state index in [2.05, 4.69) is 17.1 Å². The van der Waals surface area contributed by atoms with Crippen LogP contribution in [0.15, 0.2) is 35.4 Å². The van der Waals surface area contributed by atoms with Crippen LogP contribution >= 0.6 is 35.0 Å². The molecule has 0 saturated heterocycles. The number of ether oxygens (including phenoxy) is 3. The van der Waals surface area contributed by atoms with Gasteiger partial charge in [-0.15, -0.1) is 11.8 Å². The van der Waals surface area contributed by atoms with Crippen LogP contribution < -0.4 is 19.9 Å². The number of aromatic nitrogens is 1. The average molecular weight is 501 g/mol. The van der Waals surface area contributed by atoms with Crippen molar-refractivity contribution in [3.63, 3.8) is 0 Å². The van der Waals surface area contributed by atoms with Crippen LogP contribution in [-0.4, -0.2) is 26.3 Å². The van der Waals surface area contributed by atoms with Crippen molar-refractivity contribution in [1.82, 2.24) is 4.98 Å². The molecule has 0 radical (unpaired) electrons. The topological polar surface area (TPSA) is 114 Å². The number of thioether (sulfide) groups is 1. The van der Waals surface area contributed by atoms with Crippen molar-refractivity contribution in [3.05, 3.63) is 57.1 Å². The highest BCUT2D eigenvalue weighted by molar-refractivity contribution is 7.98. The van der Waals surface area contributed by atoms with Gasteiger partial charge in [0.05, 0.1) is 36.9 Å². The number of rotatable bonds is 7. The lowest BCUT2D eigenvalue weighted by molar-refractivity contribution is 0.324. The number of nitriles is 2. The van der Waals surface area contributed by atoms with Gasteiger partial charge in [0.1, 0.15) is 28.5 Å². The molecule has 0 unspecified atom stereocenters. The fraction of sp³-hybridized carbons (Fsp3) is 0.174. The first-order valence-corrected chi connectivity index (χ1v) is 11.1. The number of nitrogen functional groups attached to an aromatic ring is 1. The fourth-order valence-corrected chi connectivity index (χ4v) is 4.46. The molecule has 2 aromatic carbocycles. The largest absolute Gasteiger partial charge is 0.493 e. The second-order valence-corrected chi connectivity index (χ2v) is 8.38. The Morgan fingerprint density at radius 1 is 0.939 bits per heavy atom. The Hall–Kier alpha value is -3.30. The number of nitrogens with zero attached hydrogens (tertiary/aromatic N) is 3. The van der Waals surface area contributed by atoms with Crippen molar-refractivity contribution in [2.45, 2.75) is 10.8 Å². The third-order valence-corrected chi connectivity index (χ3v) is 6.51. The molecule has 0 bridgehead atoms. The van der Waals surface area contributed by atoms with Crippen LogP contribution in [0.1, 0.15) is 16.7 Å². The molecule has 2 N–H and O–H groups in total. The zero-order valence-electron chi connectivity index (χ0n) is 17.9. The van der Waals surface area contributed by atoms with Crippen LogP contribution in [0.5, 0.6) is 17.2 Å².